The van der Waals surface area contributed by atoms with Gasteiger partial charge in [-0.15, -0.1) is 0 Å². The van der Waals surface area contributed by atoms with Crippen LogP contribution >= 0.6 is 0 Å². The van der Waals surface area contributed by atoms with Crippen molar-refractivity contribution >= 4 is 32.6 Å². The van der Waals surface area contributed by atoms with Gasteiger partial charge in [0, 0.05) is 38.6 Å². The Bertz CT molecular complexity index is 3150. The highest BCUT2D eigenvalue weighted by atomic mass is 15.0. The van der Waals surface area contributed by atoms with Crippen molar-refractivity contribution in [3.8, 4) is 61.8 Å². The molecular weight excluding hydrogens is 679 g/mol. The molecule has 0 spiro atoms. The molecule has 0 aliphatic heterocycles. The second-order valence-electron chi connectivity index (χ2n) is 15.4. The van der Waals surface area contributed by atoms with E-state index in [0.29, 0.717) is 5.82 Å². The molecule has 8 aromatic carbocycles. The summed E-state index contributed by atoms with van der Waals surface area (Å²) < 4.78 is 2.35. The van der Waals surface area contributed by atoms with Crippen LogP contribution in [0.15, 0.2) is 188 Å². The van der Waals surface area contributed by atoms with Crippen LogP contribution in [0.3, 0.4) is 0 Å². The van der Waals surface area contributed by atoms with Crippen molar-refractivity contribution in [3.05, 3.63) is 199 Å². The second kappa shape index (κ2) is 12.5. The Morgan fingerprint density at radius 3 is 1.88 bits per heavy atom. The van der Waals surface area contributed by atoms with Crippen LogP contribution in [0.1, 0.15) is 25.0 Å². The Labute approximate surface area is 326 Å². The van der Waals surface area contributed by atoms with Gasteiger partial charge in [-0.2, -0.15) is 0 Å². The molecule has 2 aromatic heterocycles. The molecule has 0 saturated carbocycles. The summed E-state index contributed by atoms with van der Waals surface area (Å²) in [4.78, 5) is 10.6. The molecule has 1 aliphatic carbocycles. The lowest BCUT2D eigenvalue weighted by molar-refractivity contribution is 0.661. The first kappa shape index (κ1) is 32.3. The summed E-state index contributed by atoms with van der Waals surface area (Å²) in [5.74, 6) is 0.705. The summed E-state index contributed by atoms with van der Waals surface area (Å²) in [6, 6.07) is 67.6. The maximum Gasteiger partial charge on any atom is 0.160 e. The minimum Gasteiger partial charge on any atom is -0.309 e. The Balaban J connectivity index is 1.12. The SMILES string of the molecule is CC1(C)c2cc3ccccc3cc2-c2c(-c3ccccc3-c3cc(-c4ccc5c(c4)c4ccccc4n5-c4ccccc4)nc(-c4ccccc4)n3)cccc21. The van der Waals surface area contributed by atoms with Crippen LogP contribution in [0.5, 0.6) is 0 Å². The van der Waals surface area contributed by atoms with Crippen LogP contribution in [0.4, 0.5) is 0 Å². The van der Waals surface area contributed by atoms with Crippen LogP contribution < -0.4 is 0 Å². The normalized spacial score (nSPS) is 13.0. The van der Waals surface area contributed by atoms with Crippen molar-refractivity contribution in [3.63, 3.8) is 0 Å². The molecule has 0 N–H and O–H groups in total. The minimum absolute atomic E-state index is 0.134. The average Bonchev–Trinajstić information content (AvgIpc) is 3.71. The predicted molar refractivity (Wildman–Crippen MR) is 233 cm³/mol. The van der Waals surface area contributed by atoms with E-state index in [9.17, 15) is 0 Å². The monoisotopic (exact) mass is 715 g/mol. The lowest BCUT2D eigenvalue weighted by Crippen LogP contribution is -2.14. The van der Waals surface area contributed by atoms with Crippen molar-refractivity contribution in [1.82, 2.24) is 14.5 Å². The van der Waals surface area contributed by atoms with Crippen LogP contribution in [0, 0.1) is 0 Å². The molecule has 0 saturated heterocycles. The summed E-state index contributed by atoms with van der Waals surface area (Å²) in [6.07, 6.45) is 0. The quantitative estimate of drug-likeness (QED) is 0.178. The van der Waals surface area contributed by atoms with Crippen molar-refractivity contribution in [2.24, 2.45) is 0 Å². The number of benzene rings is 8. The molecule has 3 nitrogen and oxygen atoms in total. The van der Waals surface area contributed by atoms with Crippen LogP contribution in [0.25, 0.3) is 94.4 Å². The predicted octanol–water partition coefficient (Wildman–Crippen LogP) is 13.7. The molecule has 0 unspecified atom stereocenters. The van der Waals surface area contributed by atoms with Crippen LogP contribution in [-0.2, 0) is 5.41 Å². The third-order valence-electron chi connectivity index (χ3n) is 11.8. The van der Waals surface area contributed by atoms with E-state index in [2.05, 4.69) is 200 Å². The average molecular weight is 716 g/mol. The van der Waals surface area contributed by atoms with E-state index in [4.69, 9.17) is 9.97 Å². The van der Waals surface area contributed by atoms with Crippen molar-refractivity contribution in [2.75, 3.05) is 0 Å². The third-order valence-corrected chi connectivity index (χ3v) is 11.8. The van der Waals surface area contributed by atoms with Gasteiger partial charge in [0.2, 0.25) is 0 Å². The molecule has 0 fully saturated rings. The number of fused-ring (bicyclic) bond motifs is 7. The van der Waals surface area contributed by atoms with Crippen molar-refractivity contribution in [1.29, 1.82) is 0 Å². The molecule has 0 radical (unpaired) electrons. The fourth-order valence-corrected chi connectivity index (χ4v) is 9.08. The summed E-state index contributed by atoms with van der Waals surface area (Å²) in [6.45, 7) is 4.72. The molecule has 11 rings (SSSR count). The second-order valence-corrected chi connectivity index (χ2v) is 15.4. The number of aromatic nitrogens is 3. The largest absolute Gasteiger partial charge is 0.309 e. The summed E-state index contributed by atoms with van der Waals surface area (Å²) >= 11 is 0. The first-order chi connectivity index (χ1) is 27.5. The van der Waals surface area contributed by atoms with Crippen LogP contribution in [0.2, 0.25) is 0 Å². The molecule has 1 aliphatic rings. The first-order valence-corrected chi connectivity index (χ1v) is 19.3. The van der Waals surface area contributed by atoms with Crippen molar-refractivity contribution in [2.45, 2.75) is 19.3 Å². The number of nitrogens with zero attached hydrogens (tertiary/aromatic N) is 3. The molecule has 2 heterocycles. The van der Waals surface area contributed by atoms with Gasteiger partial charge in [0.15, 0.2) is 5.82 Å². The van der Waals surface area contributed by atoms with Crippen LogP contribution in [-0.4, -0.2) is 14.5 Å². The highest BCUT2D eigenvalue weighted by Gasteiger charge is 2.37. The van der Waals surface area contributed by atoms with Crippen molar-refractivity contribution < 1.29 is 0 Å². The molecule has 0 bridgehead atoms. The molecule has 56 heavy (non-hydrogen) atoms. The van der Waals surface area contributed by atoms with E-state index in [0.717, 1.165) is 44.8 Å². The zero-order valence-electron chi connectivity index (χ0n) is 31.2. The van der Waals surface area contributed by atoms with Gasteiger partial charge in [0.1, 0.15) is 0 Å². The van der Waals surface area contributed by atoms with E-state index in [1.165, 1.54) is 54.9 Å². The van der Waals surface area contributed by atoms with Gasteiger partial charge >= 0.3 is 0 Å². The highest BCUT2D eigenvalue weighted by Crippen LogP contribution is 2.54. The van der Waals surface area contributed by atoms with E-state index in [-0.39, 0.29) is 5.41 Å². The van der Waals surface area contributed by atoms with Gasteiger partial charge in [-0.3, -0.25) is 0 Å². The summed E-state index contributed by atoms with van der Waals surface area (Å²) in [7, 11) is 0. The number of para-hydroxylation sites is 2. The Kier molecular flexibility index (Phi) is 7.20. The standard InChI is InChI=1S/C53H37N3/c1-53(2)45-26-15-25-42(51(45)44-30-35-18-9-10-19-36(35)32-46(44)53)39-22-11-12-23-40(39)48-33-47(54-52(55-48)34-16-5-3-6-17-34)37-28-29-50-43(31-37)41-24-13-14-27-49(41)56(50)38-20-7-4-8-21-38/h3-33H,1-2H3. The number of hydrogen-bond acceptors (Lipinski definition) is 2. The minimum atomic E-state index is -0.134. The lowest BCUT2D eigenvalue weighted by Gasteiger charge is -2.22. The topological polar surface area (TPSA) is 30.7 Å². The van der Waals surface area contributed by atoms with E-state index >= 15 is 0 Å². The Morgan fingerprint density at radius 2 is 1.05 bits per heavy atom. The fraction of sp³-hybridized carbons (Fsp3) is 0.0566. The lowest BCUT2D eigenvalue weighted by atomic mass is 9.81. The van der Waals surface area contributed by atoms with E-state index < -0.39 is 0 Å². The summed E-state index contributed by atoms with van der Waals surface area (Å²) in [5, 5.41) is 4.94. The van der Waals surface area contributed by atoms with Gasteiger partial charge in [-0.05, 0) is 92.7 Å². The van der Waals surface area contributed by atoms with Gasteiger partial charge in [0.05, 0.1) is 22.4 Å². The highest BCUT2D eigenvalue weighted by molar-refractivity contribution is 6.10. The molecular formula is C53H37N3. The number of rotatable bonds is 5. The van der Waals surface area contributed by atoms with Gasteiger partial charge < -0.3 is 4.57 Å². The maximum absolute atomic E-state index is 5.33. The van der Waals surface area contributed by atoms with Gasteiger partial charge in [-0.25, -0.2) is 9.97 Å². The Morgan fingerprint density at radius 1 is 0.411 bits per heavy atom. The number of hydrogen-bond donors (Lipinski definition) is 0. The smallest absolute Gasteiger partial charge is 0.160 e. The Hall–Kier alpha value is -7.10. The zero-order valence-corrected chi connectivity index (χ0v) is 31.2. The maximum atomic E-state index is 5.33. The van der Waals surface area contributed by atoms with Gasteiger partial charge in [-0.1, -0.05) is 153 Å². The van der Waals surface area contributed by atoms with Gasteiger partial charge in [0.25, 0.3) is 0 Å². The molecule has 264 valence electrons. The zero-order chi connectivity index (χ0) is 37.4. The fourth-order valence-electron chi connectivity index (χ4n) is 9.08. The molecule has 3 heteroatoms. The van der Waals surface area contributed by atoms with E-state index in [1.807, 2.05) is 6.07 Å². The summed E-state index contributed by atoms with van der Waals surface area (Å²) in [5.41, 5.74) is 16.0. The first-order valence-electron chi connectivity index (χ1n) is 19.3. The van der Waals surface area contributed by atoms with E-state index in [1.54, 1.807) is 0 Å². The molecule has 10 aromatic rings. The molecule has 0 amide bonds. The molecule has 0 atom stereocenters. The third kappa shape index (κ3) is 4.98.